The van der Waals surface area contributed by atoms with Crippen molar-refractivity contribution in [3.63, 3.8) is 0 Å². The predicted molar refractivity (Wildman–Crippen MR) is 137 cm³/mol. The van der Waals surface area contributed by atoms with Crippen LogP contribution in [-0.2, 0) is 0 Å². The first kappa shape index (κ1) is 30.4. The minimum absolute atomic E-state index is 0.286. The molecule has 3 unspecified atom stereocenters. The van der Waals surface area contributed by atoms with Crippen LogP contribution in [0.3, 0.4) is 0 Å². The zero-order valence-corrected chi connectivity index (χ0v) is 22.1. The molecule has 2 aliphatic carbocycles. The van der Waals surface area contributed by atoms with Crippen LogP contribution in [0.15, 0.2) is 35.5 Å². The molecular weight excluding hydrogens is 350 g/mol. The van der Waals surface area contributed by atoms with E-state index in [0.717, 1.165) is 5.92 Å². The van der Waals surface area contributed by atoms with Crippen LogP contribution in [0.4, 0.5) is 0 Å². The van der Waals surface area contributed by atoms with Crippen molar-refractivity contribution in [2.75, 3.05) is 13.1 Å². The molecule has 172 valence electrons. The molecule has 29 heavy (non-hydrogen) atoms. The first-order chi connectivity index (χ1) is 14.0. The third-order valence-corrected chi connectivity index (χ3v) is 6.07. The maximum atomic E-state index is 2.69. The Morgan fingerprint density at radius 3 is 1.93 bits per heavy atom. The summed E-state index contributed by atoms with van der Waals surface area (Å²) < 4.78 is 0. The molecule has 0 saturated heterocycles. The molecule has 0 radical (unpaired) electrons. The lowest BCUT2D eigenvalue weighted by Gasteiger charge is -2.42. The van der Waals surface area contributed by atoms with E-state index in [4.69, 9.17) is 0 Å². The van der Waals surface area contributed by atoms with Crippen LogP contribution in [0.25, 0.3) is 0 Å². The summed E-state index contributed by atoms with van der Waals surface area (Å²) in [5.41, 5.74) is 3.46. The normalized spacial score (nSPS) is 23.9. The molecule has 0 aliphatic heterocycles. The summed E-state index contributed by atoms with van der Waals surface area (Å²) in [5, 5.41) is 0. The molecule has 0 saturated carbocycles. The van der Waals surface area contributed by atoms with E-state index in [2.05, 4.69) is 63.8 Å². The van der Waals surface area contributed by atoms with E-state index in [-0.39, 0.29) is 5.41 Å². The summed E-state index contributed by atoms with van der Waals surface area (Å²) in [6.45, 7) is 26.2. The van der Waals surface area contributed by atoms with Gasteiger partial charge < -0.3 is 0 Å². The second kappa shape index (κ2) is 18.0. The number of rotatable bonds is 7. The molecule has 0 N–H and O–H groups in total. The zero-order chi connectivity index (χ0) is 22.9. The monoisotopic (exact) mass is 405 g/mol. The van der Waals surface area contributed by atoms with E-state index in [1.54, 1.807) is 11.1 Å². The van der Waals surface area contributed by atoms with Crippen molar-refractivity contribution in [2.24, 2.45) is 11.3 Å². The van der Waals surface area contributed by atoms with Crippen LogP contribution in [0, 0.1) is 11.3 Å². The molecule has 0 aromatic rings. The van der Waals surface area contributed by atoms with Crippen LogP contribution in [0.5, 0.6) is 0 Å². The predicted octanol–water partition coefficient (Wildman–Crippen LogP) is 9.21. The van der Waals surface area contributed by atoms with Crippen LogP contribution < -0.4 is 0 Å². The molecule has 0 bridgehead atoms. The van der Waals surface area contributed by atoms with Crippen molar-refractivity contribution in [3.8, 4) is 0 Å². The van der Waals surface area contributed by atoms with E-state index in [1.165, 1.54) is 51.6 Å². The molecular formula is C28H55N. The van der Waals surface area contributed by atoms with Crippen LogP contribution in [0.1, 0.15) is 115 Å². The maximum Gasteiger partial charge on any atom is 0.0158 e. The molecule has 0 aromatic carbocycles. The third kappa shape index (κ3) is 10.2. The Bertz CT molecular complexity index is 465. The Hall–Kier alpha value is -0.820. The van der Waals surface area contributed by atoms with Gasteiger partial charge in [-0.3, -0.25) is 4.90 Å². The van der Waals surface area contributed by atoms with Gasteiger partial charge in [0.05, 0.1) is 0 Å². The zero-order valence-electron chi connectivity index (χ0n) is 22.1. The van der Waals surface area contributed by atoms with E-state index >= 15 is 0 Å². The molecule has 0 spiro atoms. The largest absolute Gasteiger partial charge is 0.300 e. The quantitative estimate of drug-likeness (QED) is 0.381. The van der Waals surface area contributed by atoms with Gasteiger partial charge in [0.25, 0.3) is 0 Å². The van der Waals surface area contributed by atoms with Gasteiger partial charge in [0.1, 0.15) is 0 Å². The highest BCUT2D eigenvalue weighted by atomic mass is 15.2. The number of hydrogen-bond acceptors (Lipinski definition) is 1. The second-order valence-electron chi connectivity index (χ2n) is 7.98. The molecule has 2 rings (SSSR count). The lowest BCUT2D eigenvalue weighted by molar-refractivity contribution is 0.119. The number of allylic oxidation sites excluding steroid dienone is 5. The van der Waals surface area contributed by atoms with E-state index in [0.29, 0.717) is 6.04 Å². The van der Waals surface area contributed by atoms with Gasteiger partial charge in [-0.1, -0.05) is 92.2 Å². The minimum atomic E-state index is 0.286. The van der Waals surface area contributed by atoms with Gasteiger partial charge in [0.2, 0.25) is 0 Å². The molecule has 0 aromatic heterocycles. The summed E-state index contributed by atoms with van der Waals surface area (Å²) in [6.07, 6.45) is 17.5. The van der Waals surface area contributed by atoms with Gasteiger partial charge in [-0.25, -0.2) is 0 Å². The Morgan fingerprint density at radius 2 is 1.55 bits per heavy atom. The number of nitrogens with zero attached hydrogens (tertiary/aromatic N) is 1. The number of hydrogen-bond donors (Lipinski definition) is 0. The molecule has 0 fully saturated rings. The molecule has 3 atom stereocenters. The molecule has 1 nitrogen and oxygen atoms in total. The van der Waals surface area contributed by atoms with Crippen molar-refractivity contribution in [3.05, 3.63) is 35.5 Å². The molecule has 0 amide bonds. The Balaban J connectivity index is 0. The standard InChI is InChI=1S/C22H37N.3C2H6/c1-6-16-23(17-7-2)19(4)22(5)14-12-21(13-15-22)20-10-8-18(3)9-11-20;3*1-2/h8,12-14,19-20H,6-7,9-11,15-17H2,1-5H3;3*1-2H3. The average molecular weight is 406 g/mol. The summed E-state index contributed by atoms with van der Waals surface area (Å²) in [4.78, 5) is 2.69. The van der Waals surface area contributed by atoms with Crippen molar-refractivity contribution < 1.29 is 0 Å². The molecule has 0 heterocycles. The summed E-state index contributed by atoms with van der Waals surface area (Å²) >= 11 is 0. The van der Waals surface area contributed by atoms with Gasteiger partial charge in [-0.15, -0.1) is 0 Å². The smallest absolute Gasteiger partial charge is 0.0158 e. The summed E-state index contributed by atoms with van der Waals surface area (Å²) in [7, 11) is 0. The first-order valence-electron chi connectivity index (χ1n) is 12.8. The highest BCUT2D eigenvalue weighted by Crippen LogP contribution is 2.39. The lowest BCUT2D eigenvalue weighted by Crippen LogP contribution is -2.45. The summed E-state index contributed by atoms with van der Waals surface area (Å²) in [6, 6.07) is 0.616. The SMILES string of the molecule is CC.CC.CC.CCCN(CCC)C(C)C1(C)C=CC(C2CC=C(C)CC2)=CC1. The fourth-order valence-electron chi connectivity index (χ4n) is 4.13. The van der Waals surface area contributed by atoms with Crippen molar-refractivity contribution in [2.45, 2.75) is 121 Å². The first-order valence-corrected chi connectivity index (χ1v) is 12.8. The van der Waals surface area contributed by atoms with E-state index in [9.17, 15) is 0 Å². The Labute approximate surface area is 185 Å². The van der Waals surface area contributed by atoms with Gasteiger partial charge in [0, 0.05) is 11.5 Å². The summed E-state index contributed by atoms with van der Waals surface area (Å²) in [5.74, 6) is 0.761. The maximum absolute atomic E-state index is 2.69. The fraction of sp³-hybridized carbons (Fsp3) is 0.786. The van der Waals surface area contributed by atoms with E-state index in [1.807, 2.05) is 41.5 Å². The average Bonchev–Trinajstić information content (AvgIpc) is 2.78. The van der Waals surface area contributed by atoms with Crippen LogP contribution in [0.2, 0.25) is 0 Å². The second-order valence-corrected chi connectivity index (χ2v) is 7.98. The highest BCUT2D eigenvalue weighted by molar-refractivity contribution is 5.31. The fourth-order valence-corrected chi connectivity index (χ4v) is 4.13. The van der Waals surface area contributed by atoms with Gasteiger partial charge in [-0.2, -0.15) is 0 Å². The molecule has 2 aliphatic rings. The van der Waals surface area contributed by atoms with Gasteiger partial charge in [-0.05, 0) is 77.0 Å². The van der Waals surface area contributed by atoms with Crippen molar-refractivity contribution in [1.82, 2.24) is 4.90 Å². The van der Waals surface area contributed by atoms with E-state index < -0.39 is 0 Å². The van der Waals surface area contributed by atoms with Crippen LogP contribution in [-0.4, -0.2) is 24.0 Å². The Kier molecular flexibility index (Phi) is 18.8. The van der Waals surface area contributed by atoms with Crippen molar-refractivity contribution >= 4 is 0 Å². The lowest BCUT2D eigenvalue weighted by atomic mass is 9.73. The van der Waals surface area contributed by atoms with Crippen LogP contribution >= 0.6 is 0 Å². The Morgan fingerprint density at radius 1 is 1.00 bits per heavy atom. The molecule has 1 heteroatoms. The third-order valence-electron chi connectivity index (χ3n) is 6.07. The minimum Gasteiger partial charge on any atom is -0.300 e. The van der Waals surface area contributed by atoms with Gasteiger partial charge >= 0.3 is 0 Å². The van der Waals surface area contributed by atoms with Crippen molar-refractivity contribution in [1.29, 1.82) is 0 Å². The highest BCUT2D eigenvalue weighted by Gasteiger charge is 2.33. The van der Waals surface area contributed by atoms with Gasteiger partial charge in [0.15, 0.2) is 0 Å². The topological polar surface area (TPSA) is 3.24 Å².